The molecule has 0 saturated heterocycles. The molecule has 1 amide bonds. The van der Waals surface area contributed by atoms with Crippen LogP contribution in [0.15, 0.2) is 47.5 Å². The molecule has 0 aliphatic carbocycles. The maximum atomic E-state index is 11.1. The Kier molecular flexibility index (Phi) is 13.2. The summed E-state index contributed by atoms with van der Waals surface area (Å²) in [5.74, 6) is 2.27. The van der Waals surface area contributed by atoms with Gasteiger partial charge in [-0.2, -0.15) is 0 Å². The maximum absolute atomic E-state index is 11.1. The molecular weight excluding hydrogens is 519 g/mol. The van der Waals surface area contributed by atoms with Crippen molar-refractivity contribution in [1.82, 2.24) is 10.6 Å². The number of hydrogen-bond donors (Lipinski definition) is 3. The fourth-order valence-corrected chi connectivity index (χ4v) is 3.08. The minimum absolute atomic E-state index is 0. The lowest BCUT2D eigenvalue weighted by Crippen LogP contribution is -2.39. The van der Waals surface area contributed by atoms with E-state index in [1.807, 2.05) is 50.2 Å². The predicted molar refractivity (Wildman–Crippen MR) is 142 cm³/mol. The molecule has 0 heterocycles. The van der Waals surface area contributed by atoms with E-state index in [9.17, 15) is 4.79 Å². The van der Waals surface area contributed by atoms with Crippen molar-refractivity contribution in [2.24, 2.45) is 4.99 Å². The summed E-state index contributed by atoms with van der Waals surface area (Å²) in [4.78, 5) is 15.4. The maximum Gasteiger partial charge on any atom is 0.221 e. The van der Waals surface area contributed by atoms with Gasteiger partial charge in [-0.05, 0) is 62.1 Å². The highest BCUT2D eigenvalue weighted by atomic mass is 127. The van der Waals surface area contributed by atoms with Gasteiger partial charge in [-0.15, -0.1) is 24.0 Å². The number of aliphatic imine (C=N–C) groups is 1. The molecule has 0 spiro atoms. The van der Waals surface area contributed by atoms with Crippen LogP contribution in [0.2, 0.25) is 0 Å². The Labute approximate surface area is 208 Å². The monoisotopic (exact) mass is 554 g/mol. The molecule has 2 rings (SSSR count). The fourth-order valence-electron chi connectivity index (χ4n) is 3.08. The number of nitrogens with zero attached hydrogens (tertiary/aromatic N) is 1. The second-order valence-electron chi connectivity index (χ2n) is 6.95. The van der Waals surface area contributed by atoms with Crippen molar-refractivity contribution >= 4 is 41.5 Å². The van der Waals surface area contributed by atoms with Crippen molar-refractivity contribution in [3.05, 3.63) is 53.6 Å². The topological polar surface area (TPSA) is 84.0 Å². The number of guanidine groups is 1. The average molecular weight is 554 g/mol. The third kappa shape index (κ3) is 9.76. The van der Waals surface area contributed by atoms with Crippen LogP contribution in [-0.2, 0) is 17.6 Å². The van der Waals surface area contributed by atoms with Crippen LogP contribution in [0.25, 0.3) is 0 Å². The van der Waals surface area contributed by atoms with E-state index < -0.39 is 0 Å². The zero-order valence-corrected chi connectivity index (χ0v) is 21.7. The lowest BCUT2D eigenvalue weighted by Gasteiger charge is -2.14. The van der Waals surface area contributed by atoms with Gasteiger partial charge >= 0.3 is 0 Å². The minimum atomic E-state index is -0.0661. The van der Waals surface area contributed by atoms with Gasteiger partial charge in [-0.3, -0.25) is 9.79 Å². The number of ether oxygens (including phenoxy) is 2. The van der Waals surface area contributed by atoms with Crippen molar-refractivity contribution in [3.63, 3.8) is 0 Å². The minimum Gasteiger partial charge on any atom is -0.490 e. The molecule has 176 valence electrons. The largest absolute Gasteiger partial charge is 0.490 e. The first-order valence-electron chi connectivity index (χ1n) is 10.7. The summed E-state index contributed by atoms with van der Waals surface area (Å²) in [5.41, 5.74) is 3.17. The Morgan fingerprint density at radius 1 is 0.875 bits per heavy atom. The van der Waals surface area contributed by atoms with Gasteiger partial charge in [0.05, 0.1) is 13.2 Å². The van der Waals surface area contributed by atoms with E-state index in [1.54, 1.807) is 7.05 Å². The SMILES string of the molecule is CCOc1ccc(CCNC(=NC)NCCc2ccc(NC(C)=O)cc2)cc1OCC.I. The van der Waals surface area contributed by atoms with Gasteiger partial charge in [0, 0.05) is 32.7 Å². The molecule has 0 fully saturated rings. The molecule has 8 heteroatoms. The molecule has 3 N–H and O–H groups in total. The summed E-state index contributed by atoms with van der Waals surface area (Å²) in [7, 11) is 1.77. The number of carbonyl (C=O) groups excluding carboxylic acids is 1. The molecule has 0 bridgehead atoms. The normalized spacial score (nSPS) is 10.7. The quantitative estimate of drug-likeness (QED) is 0.222. The number of benzene rings is 2. The summed E-state index contributed by atoms with van der Waals surface area (Å²) in [6.45, 7) is 8.17. The number of amides is 1. The van der Waals surface area contributed by atoms with Crippen LogP contribution >= 0.6 is 24.0 Å². The van der Waals surface area contributed by atoms with Crippen LogP contribution in [0.1, 0.15) is 31.9 Å². The van der Waals surface area contributed by atoms with Crippen molar-refractivity contribution in [3.8, 4) is 11.5 Å². The predicted octanol–water partition coefficient (Wildman–Crippen LogP) is 4.01. The molecule has 0 saturated carbocycles. The summed E-state index contributed by atoms with van der Waals surface area (Å²) in [6.07, 6.45) is 1.70. The van der Waals surface area contributed by atoms with Crippen LogP contribution in [0.3, 0.4) is 0 Å². The van der Waals surface area contributed by atoms with Crippen LogP contribution < -0.4 is 25.4 Å². The highest BCUT2D eigenvalue weighted by Crippen LogP contribution is 2.28. The van der Waals surface area contributed by atoms with Crippen LogP contribution in [0.4, 0.5) is 5.69 Å². The molecular formula is C24H35IN4O3. The molecule has 0 aliphatic rings. The van der Waals surface area contributed by atoms with Gasteiger partial charge in [-0.25, -0.2) is 0 Å². The number of hydrogen-bond acceptors (Lipinski definition) is 4. The van der Waals surface area contributed by atoms with Crippen molar-refractivity contribution in [2.75, 3.05) is 38.7 Å². The van der Waals surface area contributed by atoms with Crippen LogP contribution in [0, 0.1) is 0 Å². The molecule has 0 radical (unpaired) electrons. The fraction of sp³-hybridized carbons (Fsp3) is 0.417. The summed E-state index contributed by atoms with van der Waals surface area (Å²) in [6, 6.07) is 13.9. The third-order valence-electron chi connectivity index (χ3n) is 4.52. The number of halogens is 1. The van der Waals surface area contributed by atoms with Crippen LogP contribution in [0.5, 0.6) is 11.5 Å². The number of carbonyl (C=O) groups is 1. The van der Waals surface area contributed by atoms with E-state index in [-0.39, 0.29) is 29.9 Å². The highest BCUT2D eigenvalue weighted by Gasteiger charge is 2.06. The number of anilines is 1. The van der Waals surface area contributed by atoms with E-state index in [0.717, 1.165) is 49.1 Å². The lowest BCUT2D eigenvalue weighted by atomic mass is 10.1. The number of nitrogens with one attached hydrogen (secondary N) is 3. The molecule has 32 heavy (non-hydrogen) atoms. The summed E-state index contributed by atoms with van der Waals surface area (Å²) in [5, 5.41) is 9.45. The van der Waals surface area contributed by atoms with Crippen LogP contribution in [-0.4, -0.2) is 45.2 Å². The first-order chi connectivity index (χ1) is 15.0. The van der Waals surface area contributed by atoms with Gasteiger partial charge in [0.1, 0.15) is 0 Å². The van der Waals surface area contributed by atoms with E-state index >= 15 is 0 Å². The van der Waals surface area contributed by atoms with Gasteiger partial charge in [0.15, 0.2) is 17.5 Å². The molecule has 0 aliphatic heterocycles. The van der Waals surface area contributed by atoms with Gasteiger partial charge < -0.3 is 25.4 Å². The Morgan fingerprint density at radius 3 is 2.00 bits per heavy atom. The summed E-state index contributed by atoms with van der Waals surface area (Å²) >= 11 is 0. The zero-order chi connectivity index (χ0) is 22.5. The molecule has 0 atom stereocenters. The molecule has 2 aromatic carbocycles. The number of rotatable bonds is 11. The van der Waals surface area contributed by atoms with E-state index in [4.69, 9.17) is 9.47 Å². The Morgan fingerprint density at radius 2 is 1.44 bits per heavy atom. The molecule has 2 aromatic rings. The van der Waals surface area contributed by atoms with E-state index in [0.29, 0.717) is 13.2 Å². The first kappa shape index (κ1) is 27.5. The van der Waals surface area contributed by atoms with Crippen molar-refractivity contribution in [1.29, 1.82) is 0 Å². The average Bonchev–Trinajstić information content (AvgIpc) is 2.75. The summed E-state index contributed by atoms with van der Waals surface area (Å²) < 4.78 is 11.3. The van der Waals surface area contributed by atoms with Crippen molar-refractivity contribution < 1.29 is 14.3 Å². The van der Waals surface area contributed by atoms with Gasteiger partial charge in [0.25, 0.3) is 0 Å². The zero-order valence-electron chi connectivity index (χ0n) is 19.4. The van der Waals surface area contributed by atoms with Gasteiger partial charge in [0.2, 0.25) is 5.91 Å². The second kappa shape index (κ2) is 15.3. The molecule has 0 unspecified atom stereocenters. The van der Waals surface area contributed by atoms with Crippen molar-refractivity contribution in [2.45, 2.75) is 33.6 Å². The molecule has 0 aromatic heterocycles. The molecule has 7 nitrogen and oxygen atoms in total. The van der Waals surface area contributed by atoms with Gasteiger partial charge in [-0.1, -0.05) is 18.2 Å². The smallest absolute Gasteiger partial charge is 0.221 e. The standard InChI is InChI=1S/C24H34N4O3.HI/c1-5-30-22-12-9-20(17-23(22)31-6-2)14-16-27-24(25-4)26-15-13-19-7-10-21(11-8-19)28-18(3)29;/h7-12,17H,5-6,13-16H2,1-4H3,(H,28,29)(H2,25,26,27);1H. The van der Waals surface area contributed by atoms with E-state index in [1.165, 1.54) is 18.1 Å². The highest BCUT2D eigenvalue weighted by molar-refractivity contribution is 14.0. The second-order valence-corrected chi connectivity index (χ2v) is 6.95. The Balaban J connectivity index is 0.00000512. The third-order valence-corrected chi connectivity index (χ3v) is 4.52. The Bertz CT molecular complexity index is 857. The Hall–Kier alpha value is -2.49. The first-order valence-corrected chi connectivity index (χ1v) is 10.7. The van der Waals surface area contributed by atoms with E-state index in [2.05, 4.69) is 27.0 Å². The lowest BCUT2D eigenvalue weighted by molar-refractivity contribution is -0.114.